The number of nitrogens with zero attached hydrogens (tertiary/aromatic N) is 2. The average molecular weight is 391 g/mol. The number of amides is 2. The van der Waals surface area contributed by atoms with Crippen LogP contribution in [0.4, 0.5) is 0 Å². The molecule has 0 aliphatic carbocycles. The number of benzene rings is 1. The van der Waals surface area contributed by atoms with E-state index in [1.165, 1.54) is 6.26 Å². The van der Waals surface area contributed by atoms with Crippen molar-refractivity contribution in [2.24, 2.45) is 0 Å². The first-order chi connectivity index (χ1) is 14.0. The first-order valence-corrected chi connectivity index (χ1v) is 10.1. The van der Waals surface area contributed by atoms with Crippen LogP contribution in [0.15, 0.2) is 53.1 Å². The summed E-state index contributed by atoms with van der Waals surface area (Å²) < 4.78 is 5.20. The predicted octanol–water partition coefficient (Wildman–Crippen LogP) is 3.99. The molecule has 1 fully saturated rings. The summed E-state index contributed by atoms with van der Waals surface area (Å²) in [4.78, 5) is 31.9. The molecular formula is C23H25N3O3. The van der Waals surface area contributed by atoms with Crippen LogP contribution in [-0.4, -0.2) is 40.8 Å². The first-order valence-electron chi connectivity index (χ1n) is 10.1. The number of nitrogens with one attached hydrogen (secondary N) is 1. The van der Waals surface area contributed by atoms with Crippen LogP contribution in [0.25, 0.3) is 10.9 Å². The van der Waals surface area contributed by atoms with Gasteiger partial charge in [-0.1, -0.05) is 32.0 Å². The molecule has 1 aromatic carbocycles. The highest BCUT2D eigenvalue weighted by atomic mass is 16.3. The number of carbonyl (C=O) groups is 2. The van der Waals surface area contributed by atoms with Gasteiger partial charge >= 0.3 is 0 Å². The number of hydrogen-bond donors (Lipinski definition) is 1. The number of rotatable bonds is 4. The summed E-state index contributed by atoms with van der Waals surface area (Å²) in [7, 11) is 0. The van der Waals surface area contributed by atoms with Crippen LogP contribution in [0, 0.1) is 0 Å². The summed E-state index contributed by atoms with van der Waals surface area (Å²) in [6, 6.07) is 13.1. The molecule has 0 saturated carbocycles. The second-order valence-electron chi connectivity index (χ2n) is 7.78. The lowest BCUT2D eigenvalue weighted by atomic mass is 10.0. The molecule has 3 aromatic rings. The minimum absolute atomic E-state index is 0.0394. The van der Waals surface area contributed by atoms with Gasteiger partial charge in [0.2, 0.25) is 0 Å². The van der Waals surface area contributed by atoms with Crippen molar-refractivity contribution in [3.63, 3.8) is 0 Å². The minimum atomic E-state index is -0.0959. The molecule has 4 rings (SSSR count). The normalized spacial score (nSPS) is 15.1. The number of hydrogen-bond acceptors (Lipinski definition) is 4. The summed E-state index contributed by atoms with van der Waals surface area (Å²) >= 11 is 0. The zero-order valence-corrected chi connectivity index (χ0v) is 16.7. The van der Waals surface area contributed by atoms with E-state index in [0.717, 1.165) is 29.4 Å². The van der Waals surface area contributed by atoms with Crippen molar-refractivity contribution in [1.82, 2.24) is 15.2 Å². The molecule has 0 unspecified atom stereocenters. The van der Waals surface area contributed by atoms with Crippen LogP contribution in [0.3, 0.4) is 0 Å². The topological polar surface area (TPSA) is 75.4 Å². The molecular weight excluding hydrogens is 366 g/mol. The van der Waals surface area contributed by atoms with E-state index >= 15 is 0 Å². The van der Waals surface area contributed by atoms with Gasteiger partial charge in [-0.3, -0.25) is 14.6 Å². The van der Waals surface area contributed by atoms with Crippen LogP contribution >= 0.6 is 0 Å². The summed E-state index contributed by atoms with van der Waals surface area (Å²) in [5.74, 6) is 0.418. The lowest BCUT2D eigenvalue weighted by molar-refractivity contribution is 0.0667. The van der Waals surface area contributed by atoms with Gasteiger partial charge in [0.25, 0.3) is 11.8 Å². The smallest absolute Gasteiger partial charge is 0.289 e. The third-order valence-electron chi connectivity index (χ3n) is 5.42. The average Bonchev–Trinajstić information content (AvgIpc) is 3.27. The minimum Gasteiger partial charge on any atom is -0.459 e. The fraction of sp³-hybridized carbons (Fsp3) is 0.348. The highest BCUT2D eigenvalue weighted by Gasteiger charge is 2.26. The second kappa shape index (κ2) is 8.07. The zero-order valence-electron chi connectivity index (χ0n) is 16.7. The number of aromatic nitrogens is 1. The molecule has 3 heterocycles. The van der Waals surface area contributed by atoms with Crippen LogP contribution in [0.1, 0.15) is 59.2 Å². The number of carbonyl (C=O) groups excluding carboxylic acids is 2. The van der Waals surface area contributed by atoms with Gasteiger partial charge < -0.3 is 14.6 Å². The van der Waals surface area contributed by atoms with Crippen molar-refractivity contribution >= 4 is 22.7 Å². The molecule has 1 N–H and O–H groups in total. The Kier molecular flexibility index (Phi) is 5.34. The number of fused-ring (bicyclic) bond motifs is 1. The highest BCUT2D eigenvalue weighted by Crippen LogP contribution is 2.23. The molecule has 1 aliphatic heterocycles. The number of pyridine rings is 1. The first kappa shape index (κ1) is 19.2. The van der Waals surface area contributed by atoms with E-state index < -0.39 is 0 Å². The van der Waals surface area contributed by atoms with Gasteiger partial charge in [-0.2, -0.15) is 0 Å². The van der Waals surface area contributed by atoms with Gasteiger partial charge in [0.05, 0.1) is 17.3 Å². The van der Waals surface area contributed by atoms with Gasteiger partial charge in [-0.15, -0.1) is 0 Å². The van der Waals surface area contributed by atoms with Gasteiger partial charge in [0, 0.05) is 30.2 Å². The van der Waals surface area contributed by atoms with E-state index in [9.17, 15) is 9.59 Å². The lowest BCUT2D eigenvalue weighted by Gasteiger charge is -2.32. The Labute approximate surface area is 169 Å². The fourth-order valence-corrected chi connectivity index (χ4v) is 3.73. The molecule has 6 heteroatoms. The van der Waals surface area contributed by atoms with E-state index in [4.69, 9.17) is 4.42 Å². The molecule has 2 aromatic heterocycles. The third kappa shape index (κ3) is 4.01. The quantitative estimate of drug-likeness (QED) is 0.730. The van der Waals surface area contributed by atoms with Crippen LogP contribution < -0.4 is 5.32 Å². The Bertz CT molecular complexity index is 1020. The second-order valence-corrected chi connectivity index (χ2v) is 7.78. The van der Waals surface area contributed by atoms with Crippen molar-refractivity contribution in [3.05, 3.63) is 65.7 Å². The summed E-state index contributed by atoms with van der Waals surface area (Å²) in [6.07, 6.45) is 2.95. The number of para-hydroxylation sites is 1. The number of likely N-dealkylation sites (tertiary alicyclic amines) is 1. The van der Waals surface area contributed by atoms with E-state index in [0.29, 0.717) is 24.4 Å². The highest BCUT2D eigenvalue weighted by molar-refractivity contribution is 6.06. The van der Waals surface area contributed by atoms with E-state index in [1.807, 2.05) is 30.3 Å². The van der Waals surface area contributed by atoms with E-state index in [1.54, 1.807) is 17.0 Å². The molecule has 150 valence electrons. The van der Waals surface area contributed by atoms with Gasteiger partial charge in [-0.25, -0.2) is 0 Å². The van der Waals surface area contributed by atoms with Crippen LogP contribution in [-0.2, 0) is 0 Å². The Balaban J connectivity index is 1.46. The summed E-state index contributed by atoms with van der Waals surface area (Å²) in [6.45, 7) is 5.34. The summed E-state index contributed by atoms with van der Waals surface area (Å²) in [5, 5.41) is 4.02. The van der Waals surface area contributed by atoms with Gasteiger partial charge in [0.1, 0.15) is 0 Å². The molecule has 0 atom stereocenters. The Morgan fingerprint density at radius 2 is 1.90 bits per heavy atom. The molecule has 29 heavy (non-hydrogen) atoms. The van der Waals surface area contributed by atoms with Crippen molar-refractivity contribution in [2.45, 2.75) is 38.6 Å². The molecule has 2 amide bonds. The maximum atomic E-state index is 13.1. The monoisotopic (exact) mass is 391 g/mol. The zero-order chi connectivity index (χ0) is 20.4. The molecule has 0 spiro atoms. The largest absolute Gasteiger partial charge is 0.459 e. The Morgan fingerprint density at radius 1 is 1.14 bits per heavy atom. The van der Waals surface area contributed by atoms with Crippen molar-refractivity contribution in [3.8, 4) is 0 Å². The molecule has 0 radical (unpaired) electrons. The van der Waals surface area contributed by atoms with Gasteiger partial charge in [-0.05, 0) is 43.0 Å². The van der Waals surface area contributed by atoms with Crippen LogP contribution in [0.2, 0.25) is 0 Å². The Hall–Kier alpha value is -3.15. The molecule has 6 nitrogen and oxygen atoms in total. The number of piperidine rings is 1. The van der Waals surface area contributed by atoms with Gasteiger partial charge in [0.15, 0.2) is 5.76 Å². The lowest BCUT2D eigenvalue weighted by Crippen LogP contribution is -2.46. The fourth-order valence-electron chi connectivity index (χ4n) is 3.73. The van der Waals surface area contributed by atoms with E-state index in [2.05, 4.69) is 24.1 Å². The third-order valence-corrected chi connectivity index (χ3v) is 5.42. The Morgan fingerprint density at radius 3 is 2.59 bits per heavy atom. The maximum absolute atomic E-state index is 13.1. The van der Waals surface area contributed by atoms with Crippen molar-refractivity contribution < 1.29 is 14.0 Å². The van der Waals surface area contributed by atoms with E-state index in [-0.39, 0.29) is 23.8 Å². The maximum Gasteiger partial charge on any atom is 0.289 e. The summed E-state index contributed by atoms with van der Waals surface area (Å²) in [5.41, 5.74) is 2.41. The van der Waals surface area contributed by atoms with Crippen molar-refractivity contribution in [1.29, 1.82) is 0 Å². The predicted molar refractivity (Wildman–Crippen MR) is 111 cm³/mol. The molecule has 0 bridgehead atoms. The van der Waals surface area contributed by atoms with Crippen molar-refractivity contribution in [2.75, 3.05) is 13.1 Å². The molecule has 1 aliphatic rings. The number of furan rings is 1. The standard InChI is InChI=1S/C23H25N3O3/c1-15(2)20-14-18(17-6-3-4-7-19(17)25-20)22(27)24-16-9-11-26(12-10-16)23(28)21-8-5-13-29-21/h3-8,13-16H,9-12H2,1-2H3,(H,24,27). The SMILES string of the molecule is CC(C)c1cc(C(=O)NC2CCN(C(=O)c3ccco3)CC2)c2ccccc2n1. The molecule has 1 saturated heterocycles. The van der Waals surface area contributed by atoms with Crippen LogP contribution in [0.5, 0.6) is 0 Å².